The summed E-state index contributed by atoms with van der Waals surface area (Å²) >= 11 is 0. The minimum absolute atomic E-state index is 0.0227. The number of azo groups is 1. The highest BCUT2D eigenvalue weighted by molar-refractivity contribution is 7.63. The summed E-state index contributed by atoms with van der Waals surface area (Å²) in [5, 5.41) is 14.1. The van der Waals surface area contributed by atoms with E-state index in [4.69, 9.17) is 19.8 Å². The molecule has 1 saturated carbocycles. The summed E-state index contributed by atoms with van der Waals surface area (Å²) in [6.45, 7) is 22.0. The molecule has 0 radical (unpaired) electrons. The first-order chi connectivity index (χ1) is 14.3. The van der Waals surface area contributed by atoms with Gasteiger partial charge in [0.25, 0.3) is 8.32 Å². The normalized spacial score (nSPS) is 27.7. The molecule has 3 aliphatic rings. The van der Waals surface area contributed by atoms with E-state index in [1.165, 1.54) is 0 Å². The van der Waals surface area contributed by atoms with Gasteiger partial charge < -0.3 is 4.43 Å². The molecule has 1 aliphatic carbocycles. The minimum atomic E-state index is -2.20. The second-order valence-electron chi connectivity index (χ2n) is 11.2. The second-order valence-corrected chi connectivity index (χ2v) is 18.8. The van der Waals surface area contributed by atoms with E-state index in [9.17, 15) is 4.79 Å². The Hall–Kier alpha value is -1.07. The maximum absolute atomic E-state index is 12.7. The van der Waals surface area contributed by atoms with E-state index < -0.39 is 21.7 Å². The van der Waals surface area contributed by atoms with Crippen LogP contribution in [0.25, 0.3) is 0 Å². The molecule has 2 atom stereocenters. The van der Waals surface area contributed by atoms with Gasteiger partial charge in [0.2, 0.25) is 5.91 Å². The van der Waals surface area contributed by atoms with Crippen LogP contribution in [0, 0.1) is 5.41 Å². The van der Waals surface area contributed by atoms with E-state index in [1.807, 2.05) is 0 Å². The van der Waals surface area contributed by atoms with Gasteiger partial charge in [0.1, 0.15) is 19.3 Å². The second kappa shape index (κ2) is 8.37. The van der Waals surface area contributed by atoms with Gasteiger partial charge in [-0.2, -0.15) is 10.2 Å². The zero-order chi connectivity index (χ0) is 23.4. The Balaban J connectivity index is 2.20. The van der Waals surface area contributed by atoms with Crippen LogP contribution in [0.1, 0.15) is 94.9 Å². The van der Waals surface area contributed by atoms with Gasteiger partial charge in [-0.3, -0.25) is 4.79 Å². The van der Waals surface area contributed by atoms with Crippen molar-refractivity contribution in [2.24, 2.45) is 20.7 Å². The Kier molecular flexibility index (Phi) is 6.63. The fourth-order valence-electron chi connectivity index (χ4n) is 5.69. The van der Waals surface area contributed by atoms with Crippen molar-refractivity contribution in [2.45, 2.75) is 117 Å². The first kappa shape index (κ1) is 24.6. The topological polar surface area (TPSA) is 66.6 Å². The van der Waals surface area contributed by atoms with Gasteiger partial charge in [-0.1, -0.05) is 62.3 Å². The lowest BCUT2D eigenvalue weighted by Crippen LogP contribution is -2.48. The number of amides is 1. The van der Waals surface area contributed by atoms with Crippen molar-refractivity contribution in [3.63, 3.8) is 0 Å². The molecule has 0 aromatic heterocycles. The molecule has 3 rings (SSSR count). The molecule has 0 N–H and O–H groups in total. The molecule has 1 amide bonds. The lowest BCUT2D eigenvalue weighted by atomic mass is 9.93. The summed E-state index contributed by atoms with van der Waals surface area (Å²) in [7, 11) is -3.33. The Labute approximate surface area is 190 Å². The minimum Gasteiger partial charge on any atom is -0.544 e. The van der Waals surface area contributed by atoms with Crippen molar-refractivity contribution in [3.8, 4) is 0 Å². The predicted molar refractivity (Wildman–Crippen MR) is 132 cm³/mol. The van der Waals surface area contributed by atoms with E-state index >= 15 is 0 Å². The molecule has 0 bridgehead atoms. The summed E-state index contributed by atoms with van der Waals surface area (Å²) in [6, 6.07) is 0. The molecule has 1 unspecified atom stereocenters. The van der Waals surface area contributed by atoms with Crippen molar-refractivity contribution in [2.75, 3.05) is 0 Å². The Morgan fingerprint density at radius 1 is 1.10 bits per heavy atom. The number of nitrogens with zero attached hydrogens (tertiary/aromatic N) is 4. The lowest BCUT2D eigenvalue weighted by Gasteiger charge is -2.45. The summed E-state index contributed by atoms with van der Waals surface area (Å²) in [6.07, 6.45) is 4.04. The Morgan fingerprint density at radius 3 is 2.16 bits per heavy atom. The number of hydrogen-bond donors (Lipinski definition) is 0. The molecule has 1 spiro atoms. The average Bonchev–Trinajstić information content (AvgIpc) is 3.15. The van der Waals surface area contributed by atoms with Gasteiger partial charge in [-0.25, -0.2) is 4.78 Å². The number of rotatable bonds is 5. The van der Waals surface area contributed by atoms with E-state index in [0.29, 0.717) is 16.6 Å². The highest BCUT2D eigenvalue weighted by Gasteiger charge is 2.61. The van der Waals surface area contributed by atoms with Crippen molar-refractivity contribution in [1.82, 2.24) is 4.78 Å². The van der Waals surface area contributed by atoms with Crippen LogP contribution in [0.4, 0.5) is 0 Å². The fourth-order valence-corrected chi connectivity index (χ4v) is 14.2. The third kappa shape index (κ3) is 3.84. The smallest absolute Gasteiger partial charge is 0.258 e. The first-order valence-electron chi connectivity index (χ1n) is 11.8. The van der Waals surface area contributed by atoms with Crippen LogP contribution < -0.4 is 0 Å². The molecule has 2 heterocycles. The number of carbonyl (C=O) groups excluding carboxylic acids is 1. The van der Waals surface area contributed by atoms with Gasteiger partial charge in [0, 0.05) is 12.3 Å². The zero-order valence-electron chi connectivity index (χ0n) is 21.1. The molecule has 6 nitrogen and oxygen atoms in total. The standard InChI is InChI=1S/C23H41N4O2PSi/c1-15(2)31(16(3)4,17(5)6)29-20(22(8,9)10)21-24-26-23-14-12-11-13-19(23)25-27(18(7)28)30(21)23/h15-17H,11-14H2,1-10H3/b21-20+/t23-,30?/m1/s1. The van der Waals surface area contributed by atoms with E-state index in [1.54, 1.807) is 11.7 Å². The van der Waals surface area contributed by atoms with Crippen LogP contribution in [0.5, 0.6) is 0 Å². The summed E-state index contributed by atoms with van der Waals surface area (Å²) < 4.78 is 8.99. The Bertz CT molecular complexity index is 806. The van der Waals surface area contributed by atoms with Crippen LogP contribution >= 0.6 is 8.07 Å². The number of hydrogen-bond acceptors (Lipinski definition) is 5. The molecular formula is C23H41N4O2PSi. The maximum atomic E-state index is 12.7. The highest BCUT2D eigenvalue weighted by Crippen LogP contribution is 2.72. The summed E-state index contributed by atoms with van der Waals surface area (Å²) in [5.41, 5.74) is 3.07. The lowest BCUT2D eigenvalue weighted by molar-refractivity contribution is -0.124. The van der Waals surface area contributed by atoms with Crippen LogP contribution in [-0.2, 0) is 9.22 Å². The van der Waals surface area contributed by atoms with Crippen molar-refractivity contribution < 1.29 is 9.22 Å². The van der Waals surface area contributed by atoms with Gasteiger partial charge in [-0.15, -0.1) is 5.11 Å². The molecule has 0 saturated heterocycles. The van der Waals surface area contributed by atoms with Crippen LogP contribution in [0.15, 0.2) is 26.5 Å². The fraction of sp³-hybridized carbons (Fsp3) is 0.826. The molecule has 0 aromatic carbocycles. The molecule has 8 heteroatoms. The SMILES string of the molecule is CC(=O)N1N=C2CCCC[C@]23N=N/C(=C(\O[Si](C(C)C)(C(C)C)C(C)C)C(C)(C)C)P13. The number of allylic oxidation sites excluding steroid dienone is 1. The van der Waals surface area contributed by atoms with Crippen LogP contribution in [0.3, 0.4) is 0 Å². The first-order valence-corrected chi connectivity index (χ1v) is 15.3. The maximum Gasteiger partial charge on any atom is 0.258 e. The van der Waals surface area contributed by atoms with Crippen LogP contribution in [0.2, 0.25) is 16.6 Å². The molecule has 2 aliphatic heterocycles. The number of carbonyl (C=O) groups is 1. The van der Waals surface area contributed by atoms with Gasteiger partial charge in [0.05, 0.1) is 5.71 Å². The van der Waals surface area contributed by atoms with E-state index in [2.05, 4.69) is 62.3 Å². The molecule has 174 valence electrons. The molecule has 1 fully saturated rings. The molecular weight excluding hydrogens is 423 g/mol. The molecule has 31 heavy (non-hydrogen) atoms. The average molecular weight is 465 g/mol. The Morgan fingerprint density at radius 2 is 1.68 bits per heavy atom. The monoisotopic (exact) mass is 464 g/mol. The zero-order valence-corrected chi connectivity index (χ0v) is 23.0. The third-order valence-electron chi connectivity index (χ3n) is 7.07. The van der Waals surface area contributed by atoms with Crippen molar-refractivity contribution in [1.29, 1.82) is 0 Å². The molecule has 0 aromatic rings. The quantitative estimate of drug-likeness (QED) is 0.237. The predicted octanol–water partition coefficient (Wildman–Crippen LogP) is 7.74. The summed E-state index contributed by atoms with van der Waals surface area (Å²) in [5.74, 6) is 0.917. The van der Waals surface area contributed by atoms with Gasteiger partial charge in [0.15, 0.2) is 5.28 Å². The van der Waals surface area contributed by atoms with E-state index in [-0.39, 0.29) is 11.3 Å². The van der Waals surface area contributed by atoms with Gasteiger partial charge >= 0.3 is 0 Å². The summed E-state index contributed by atoms with van der Waals surface area (Å²) in [4.78, 5) is 12.7. The van der Waals surface area contributed by atoms with E-state index in [0.717, 1.165) is 42.6 Å². The highest BCUT2D eigenvalue weighted by atomic mass is 31.1. The van der Waals surface area contributed by atoms with Gasteiger partial charge in [-0.05, 0) is 42.3 Å². The number of hydrazone groups is 1. The largest absolute Gasteiger partial charge is 0.544 e. The van der Waals surface area contributed by atoms with Crippen molar-refractivity contribution in [3.05, 3.63) is 11.2 Å². The van der Waals surface area contributed by atoms with Crippen LogP contribution in [-0.4, -0.2) is 30.0 Å². The van der Waals surface area contributed by atoms with Crippen molar-refractivity contribution >= 4 is 28.0 Å². The third-order valence-corrected chi connectivity index (χ3v) is 15.8.